The van der Waals surface area contributed by atoms with Gasteiger partial charge in [-0.25, -0.2) is 0 Å². The number of ether oxygens (including phenoxy) is 2. The summed E-state index contributed by atoms with van der Waals surface area (Å²) in [4.78, 5) is 22.9. The maximum atomic E-state index is 12.0. The van der Waals surface area contributed by atoms with Gasteiger partial charge in [-0.05, 0) is 36.4 Å². The topological polar surface area (TPSA) is 90.7 Å². The number of methoxy groups -OCH3 is 1. The van der Waals surface area contributed by atoms with E-state index in [2.05, 4.69) is 5.32 Å². The Morgan fingerprint density at radius 1 is 1.12 bits per heavy atom. The molecule has 0 aliphatic carbocycles. The maximum Gasteiger partial charge on any atom is 0.269 e. The number of anilines is 1. The summed E-state index contributed by atoms with van der Waals surface area (Å²) in [5.74, 6) is 0.760. The van der Waals surface area contributed by atoms with E-state index in [0.717, 1.165) is 4.90 Å². The number of nitro benzene ring substituents is 1. The van der Waals surface area contributed by atoms with Crippen molar-refractivity contribution < 1.29 is 19.2 Å². The van der Waals surface area contributed by atoms with Gasteiger partial charge < -0.3 is 14.8 Å². The van der Waals surface area contributed by atoms with Gasteiger partial charge in [-0.1, -0.05) is 0 Å². The highest BCUT2D eigenvalue weighted by atomic mass is 32.2. The molecule has 7 nitrogen and oxygen atoms in total. The highest BCUT2D eigenvalue weighted by Gasteiger charge is 2.07. The van der Waals surface area contributed by atoms with Crippen molar-refractivity contribution >= 4 is 29.0 Å². The molecule has 0 heterocycles. The minimum absolute atomic E-state index is 0.0293. The summed E-state index contributed by atoms with van der Waals surface area (Å²) >= 11 is 1.31. The van der Waals surface area contributed by atoms with Gasteiger partial charge in [0.05, 0.1) is 17.3 Å². The fourth-order valence-corrected chi connectivity index (χ4v) is 2.59. The van der Waals surface area contributed by atoms with Crippen molar-refractivity contribution in [2.24, 2.45) is 0 Å². The Balaban J connectivity index is 1.78. The van der Waals surface area contributed by atoms with E-state index in [1.165, 1.54) is 23.9 Å². The molecule has 1 N–H and O–H groups in total. The number of carbonyl (C=O) groups excluding carboxylic acids is 1. The first-order chi connectivity index (χ1) is 12.1. The van der Waals surface area contributed by atoms with Crippen LogP contribution in [0.25, 0.3) is 0 Å². The molecule has 25 heavy (non-hydrogen) atoms. The number of amides is 1. The number of rotatable bonds is 9. The highest BCUT2D eigenvalue weighted by molar-refractivity contribution is 8.00. The number of non-ortho nitro benzene ring substituents is 1. The van der Waals surface area contributed by atoms with Crippen LogP contribution in [0.1, 0.15) is 0 Å². The zero-order valence-corrected chi connectivity index (χ0v) is 14.5. The number of thioether (sulfide) groups is 1. The third kappa shape index (κ3) is 6.44. The molecule has 0 bridgehead atoms. The molecule has 0 atom stereocenters. The van der Waals surface area contributed by atoms with Crippen molar-refractivity contribution in [1.82, 2.24) is 0 Å². The number of nitrogens with one attached hydrogen (secondary N) is 1. The lowest BCUT2D eigenvalue weighted by atomic mass is 10.3. The van der Waals surface area contributed by atoms with Crippen LogP contribution in [0.2, 0.25) is 0 Å². The van der Waals surface area contributed by atoms with Gasteiger partial charge in [0, 0.05) is 29.8 Å². The first-order valence-corrected chi connectivity index (χ1v) is 8.46. The van der Waals surface area contributed by atoms with Crippen LogP contribution in [0.15, 0.2) is 53.4 Å². The van der Waals surface area contributed by atoms with Crippen LogP contribution in [0.3, 0.4) is 0 Å². The van der Waals surface area contributed by atoms with Crippen LogP contribution in [0.5, 0.6) is 5.75 Å². The van der Waals surface area contributed by atoms with Crippen molar-refractivity contribution in [3.8, 4) is 5.75 Å². The Kier molecular flexibility index (Phi) is 7.24. The van der Waals surface area contributed by atoms with Crippen LogP contribution in [0, 0.1) is 10.1 Å². The standard InChI is InChI=1S/C17H18N2O5S/c1-23-10-11-24-15-6-2-13(3-7-15)18-17(20)12-25-16-8-4-14(5-9-16)19(21)22/h2-9H,10-12H2,1H3,(H,18,20). The summed E-state index contributed by atoms with van der Waals surface area (Å²) in [5, 5.41) is 13.4. The van der Waals surface area contributed by atoms with Crippen molar-refractivity contribution in [3.05, 3.63) is 58.6 Å². The van der Waals surface area contributed by atoms with Gasteiger partial charge in [-0.15, -0.1) is 11.8 Å². The lowest BCUT2D eigenvalue weighted by Crippen LogP contribution is -2.13. The fraction of sp³-hybridized carbons (Fsp3) is 0.235. The molecule has 0 unspecified atom stereocenters. The smallest absolute Gasteiger partial charge is 0.269 e. The van der Waals surface area contributed by atoms with Crippen LogP contribution >= 0.6 is 11.8 Å². The van der Waals surface area contributed by atoms with Crippen LogP contribution in [0.4, 0.5) is 11.4 Å². The number of hydrogen-bond acceptors (Lipinski definition) is 6. The van der Waals surface area contributed by atoms with E-state index in [1.54, 1.807) is 43.5 Å². The number of nitro groups is 1. The van der Waals surface area contributed by atoms with Gasteiger partial charge in [0.25, 0.3) is 5.69 Å². The van der Waals surface area contributed by atoms with Crippen molar-refractivity contribution in [3.63, 3.8) is 0 Å². The lowest BCUT2D eigenvalue weighted by Gasteiger charge is -2.08. The molecule has 0 aromatic heterocycles. The van der Waals surface area contributed by atoms with Crippen LogP contribution in [-0.4, -0.2) is 36.9 Å². The molecule has 0 fully saturated rings. The number of nitrogens with zero attached hydrogens (tertiary/aromatic N) is 1. The van der Waals surface area contributed by atoms with Crippen molar-refractivity contribution in [1.29, 1.82) is 0 Å². The molecule has 132 valence electrons. The third-order valence-electron chi connectivity index (χ3n) is 3.11. The second-order valence-electron chi connectivity index (χ2n) is 4.95. The van der Waals surface area contributed by atoms with E-state index in [9.17, 15) is 14.9 Å². The van der Waals surface area contributed by atoms with Crippen molar-refractivity contribution in [2.45, 2.75) is 4.90 Å². The van der Waals surface area contributed by atoms with E-state index in [-0.39, 0.29) is 17.3 Å². The van der Waals surface area contributed by atoms with E-state index in [1.807, 2.05) is 0 Å². The van der Waals surface area contributed by atoms with Gasteiger partial charge in [0.1, 0.15) is 12.4 Å². The average Bonchev–Trinajstić information content (AvgIpc) is 2.62. The Morgan fingerprint density at radius 2 is 1.80 bits per heavy atom. The molecule has 0 radical (unpaired) electrons. The lowest BCUT2D eigenvalue weighted by molar-refractivity contribution is -0.384. The number of carbonyl (C=O) groups is 1. The molecule has 0 spiro atoms. The predicted octanol–water partition coefficient (Wildman–Crippen LogP) is 3.35. The zero-order chi connectivity index (χ0) is 18.1. The van der Waals surface area contributed by atoms with Gasteiger partial charge in [0.2, 0.25) is 5.91 Å². The summed E-state index contributed by atoms with van der Waals surface area (Å²) in [5.41, 5.74) is 0.704. The Labute approximate surface area is 149 Å². The molecule has 2 aromatic rings. The van der Waals surface area contributed by atoms with Gasteiger partial charge in [0.15, 0.2) is 0 Å². The summed E-state index contributed by atoms with van der Waals surface area (Å²) < 4.78 is 10.4. The average molecular weight is 362 g/mol. The fourth-order valence-electron chi connectivity index (χ4n) is 1.89. The molecule has 0 saturated carbocycles. The number of hydrogen-bond donors (Lipinski definition) is 1. The molecule has 0 saturated heterocycles. The van der Waals surface area contributed by atoms with Gasteiger partial charge in [-0.2, -0.15) is 0 Å². The first kappa shape index (κ1) is 18.8. The molecule has 8 heteroatoms. The normalized spacial score (nSPS) is 10.3. The Hall–Kier alpha value is -2.58. The highest BCUT2D eigenvalue weighted by Crippen LogP contribution is 2.22. The Bertz CT molecular complexity index is 704. The summed E-state index contributed by atoms with van der Waals surface area (Å²) in [6.07, 6.45) is 0. The summed E-state index contributed by atoms with van der Waals surface area (Å²) in [6, 6.07) is 13.2. The molecule has 2 aromatic carbocycles. The van der Waals surface area contributed by atoms with Crippen molar-refractivity contribution in [2.75, 3.05) is 31.4 Å². The molecule has 0 aliphatic heterocycles. The van der Waals surface area contributed by atoms with Gasteiger partial charge >= 0.3 is 0 Å². The van der Waals surface area contributed by atoms with E-state index in [0.29, 0.717) is 24.7 Å². The van der Waals surface area contributed by atoms with Crippen LogP contribution < -0.4 is 10.1 Å². The third-order valence-corrected chi connectivity index (χ3v) is 4.12. The van der Waals surface area contributed by atoms with E-state index in [4.69, 9.17) is 9.47 Å². The molecular formula is C17H18N2O5S. The van der Waals surface area contributed by atoms with E-state index < -0.39 is 4.92 Å². The van der Waals surface area contributed by atoms with Crippen LogP contribution in [-0.2, 0) is 9.53 Å². The minimum Gasteiger partial charge on any atom is -0.491 e. The van der Waals surface area contributed by atoms with Gasteiger partial charge in [-0.3, -0.25) is 14.9 Å². The van der Waals surface area contributed by atoms with E-state index >= 15 is 0 Å². The minimum atomic E-state index is -0.455. The molecule has 2 rings (SSSR count). The largest absolute Gasteiger partial charge is 0.491 e. The Morgan fingerprint density at radius 3 is 2.40 bits per heavy atom. The SMILES string of the molecule is COCCOc1ccc(NC(=O)CSc2ccc([N+](=O)[O-])cc2)cc1. The quantitative estimate of drug-likeness (QED) is 0.318. The summed E-state index contributed by atoms with van der Waals surface area (Å²) in [7, 11) is 1.61. The second-order valence-corrected chi connectivity index (χ2v) is 6.00. The molecule has 1 amide bonds. The summed E-state index contributed by atoms with van der Waals surface area (Å²) in [6.45, 7) is 0.979. The maximum absolute atomic E-state index is 12.0. The molecule has 0 aliphatic rings. The number of benzene rings is 2. The molecular weight excluding hydrogens is 344 g/mol. The predicted molar refractivity (Wildman–Crippen MR) is 96.3 cm³/mol. The first-order valence-electron chi connectivity index (χ1n) is 7.47. The zero-order valence-electron chi connectivity index (χ0n) is 13.6. The monoisotopic (exact) mass is 362 g/mol. The second kappa shape index (κ2) is 9.65.